The lowest BCUT2D eigenvalue weighted by Crippen LogP contribution is -2.21. The molecular weight excluding hydrogens is 251 g/mol. The van der Waals surface area contributed by atoms with Gasteiger partial charge in [0.1, 0.15) is 5.82 Å². The monoisotopic (exact) mass is 270 g/mol. The van der Waals surface area contributed by atoms with Gasteiger partial charge in [-0.1, -0.05) is 30.3 Å². The Labute approximate surface area is 119 Å². The molecule has 0 radical (unpaired) electrons. The fourth-order valence-electron chi connectivity index (χ4n) is 3.20. The number of benzene rings is 2. The highest BCUT2D eigenvalue weighted by Crippen LogP contribution is 2.34. The van der Waals surface area contributed by atoms with Gasteiger partial charge in [-0.05, 0) is 66.5 Å². The van der Waals surface area contributed by atoms with E-state index in [1.54, 1.807) is 0 Å². The molecule has 1 aliphatic rings. The minimum atomic E-state index is -0.585. The predicted octanol–water partition coefficient (Wildman–Crippen LogP) is 3.97. The number of aliphatic hydroxyl groups excluding tert-OH is 1. The van der Waals surface area contributed by atoms with E-state index in [1.807, 2.05) is 19.1 Å². The Morgan fingerprint density at radius 2 is 1.90 bits per heavy atom. The van der Waals surface area contributed by atoms with Gasteiger partial charge in [-0.2, -0.15) is 0 Å². The molecule has 0 aliphatic heterocycles. The van der Waals surface area contributed by atoms with E-state index in [0.717, 1.165) is 24.8 Å². The van der Waals surface area contributed by atoms with E-state index in [2.05, 4.69) is 18.2 Å². The summed E-state index contributed by atoms with van der Waals surface area (Å²) in [4.78, 5) is 0. The third-order valence-electron chi connectivity index (χ3n) is 4.24. The Bertz CT molecular complexity index is 600. The Morgan fingerprint density at radius 1 is 1.15 bits per heavy atom. The molecule has 2 atom stereocenters. The van der Waals surface area contributed by atoms with Crippen LogP contribution in [0.4, 0.5) is 4.39 Å². The van der Waals surface area contributed by atoms with E-state index < -0.39 is 6.10 Å². The van der Waals surface area contributed by atoms with Gasteiger partial charge < -0.3 is 5.11 Å². The van der Waals surface area contributed by atoms with E-state index in [0.29, 0.717) is 5.56 Å². The molecule has 0 fully saturated rings. The van der Waals surface area contributed by atoms with Crippen LogP contribution in [0.3, 0.4) is 0 Å². The van der Waals surface area contributed by atoms with E-state index in [1.165, 1.54) is 23.3 Å². The highest BCUT2D eigenvalue weighted by Gasteiger charge is 2.26. The smallest absolute Gasteiger partial charge is 0.123 e. The molecule has 0 heterocycles. The van der Waals surface area contributed by atoms with Gasteiger partial charge in [-0.25, -0.2) is 4.39 Å². The van der Waals surface area contributed by atoms with Gasteiger partial charge in [0.05, 0.1) is 6.10 Å². The number of hydrogen-bond acceptors (Lipinski definition) is 1. The molecule has 3 rings (SSSR count). The van der Waals surface area contributed by atoms with Crippen molar-refractivity contribution in [3.8, 4) is 0 Å². The summed E-state index contributed by atoms with van der Waals surface area (Å²) in [6.07, 6.45) is 2.23. The molecule has 2 heteroatoms. The van der Waals surface area contributed by atoms with Crippen molar-refractivity contribution in [1.82, 2.24) is 0 Å². The molecule has 2 aromatic rings. The first-order valence-electron chi connectivity index (χ1n) is 7.15. The maximum atomic E-state index is 13.5. The van der Waals surface area contributed by atoms with Crippen molar-refractivity contribution in [2.75, 3.05) is 0 Å². The lowest BCUT2D eigenvalue weighted by atomic mass is 9.79. The molecule has 20 heavy (non-hydrogen) atoms. The van der Waals surface area contributed by atoms with Crippen molar-refractivity contribution in [2.24, 2.45) is 5.92 Å². The van der Waals surface area contributed by atoms with E-state index in [4.69, 9.17) is 0 Å². The van der Waals surface area contributed by atoms with Gasteiger partial charge in [-0.3, -0.25) is 0 Å². The molecule has 0 saturated heterocycles. The molecule has 1 aliphatic carbocycles. The Hall–Kier alpha value is -1.67. The van der Waals surface area contributed by atoms with Crippen LogP contribution in [0, 0.1) is 18.7 Å². The Morgan fingerprint density at radius 3 is 2.65 bits per heavy atom. The summed E-state index contributed by atoms with van der Waals surface area (Å²) in [5, 5.41) is 10.6. The molecule has 0 saturated carbocycles. The van der Waals surface area contributed by atoms with Crippen LogP contribution in [0.1, 0.15) is 34.8 Å². The molecule has 0 bridgehead atoms. The first-order valence-corrected chi connectivity index (χ1v) is 7.15. The van der Waals surface area contributed by atoms with Gasteiger partial charge in [-0.15, -0.1) is 0 Å². The minimum absolute atomic E-state index is 0.172. The molecule has 0 spiro atoms. The Balaban J connectivity index is 1.83. The maximum Gasteiger partial charge on any atom is 0.123 e. The second-order valence-electron chi connectivity index (χ2n) is 5.78. The van der Waals surface area contributed by atoms with Crippen molar-refractivity contribution < 1.29 is 9.50 Å². The summed E-state index contributed by atoms with van der Waals surface area (Å²) in [6.45, 7) is 1.86. The maximum absolute atomic E-state index is 13.5. The Kier molecular flexibility index (Phi) is 3.58. The average Bonchev–Trinajstić information content (AvgIpc) is 2.45. The fourth-order valence-corrected chi connectivity index (χ4v) is 3.20. The van der Waals surface area contributed by atoms with Gasteiger partial charge in [0.25, 0.3) is 0 Å². The zero-order chi connectivity index (χ0) is 14.1. The number of halogens is 1. The van der Waals surface area contributed by atoms with Crippen LogP contribution in [0.2, 0.25) is 0 Å². The van der Waals surface area contributed by atoms with E-state index in [9.17, 15) is 9.50 Å². The standard InChI is InChI=1S/C18H19FO/c1-12-8-16(11-17(19)9-12)18(20)15-7-6-13-4-2-3-5-14(13)10-15/h2-5,8-9,11,15,18,20H,6-7,10H2,1H3. The number of aryl methyl sites for hydroxylation is 2. The van der Waals surface area contributed by atoms with Crippen LogP contribution in [-0.2, 0) is 12.8 Å². The molecule has 1 nitrogen and oxygen atoms in total. The zero-order valence-electron chi connectivity index (χ0n) is 11.6. The van der Waals surface area contributed by atoms with Crippen molar-refractivity contribution in [1.29, 1.82) is 0 Å². The highest BCUT2D eigenvalue weighted by atomic mass is 19.1. The number of aliphatic hydroxyl groups is 1. The van der Waals surface area contributed by atoms with Crippen molar-refractivity contribution in [2.45, 2.75) is 32.3 Å². The zero-order valence-corrected chi connectivity index (χ0v) is 11.6. The predicted molar refractivity (Wildman–Crippen MR) is 78.1 cm³/mol. The first-order chi connectivity index (χ1) is 9.63. The third kappa shape index (κ3) is 2.61. The van der Waals surface area contributed by atoms with Crippen LogP contribution >= 0.6 is 0 Å². The van der Waals surface area contributed by atoms with Crippen molar-refractivity contribution in [3.63, 3.8) is 0 Å². The van der Waals surface area contributed by atoms with Crippen LogP contribution < -0.4 is 0 Å². The van der Waals surface area contributed by atoms with Crippen LogP contribution in [0.15, 0.2) is 42.5 Å². The number of fused-ring (bicyclic) bond motifs is 1. The third-order valence-corrected chi connectivity index (χ3v) is 4.24. The van der Waals surface area contributed by atoms with Gasteiger partial charge in [0.15, 0.2) is 0 Å². The highest BCUT2D eigenvalue weighted by molar-refractivity contribution is 5.31. The van der Waals surface area contributed by atoms with Crippen molar-refractivity contribution >= 4 is 0 Å². The quantitative estimate of drug-likeness (QED) is 0.875. The number of rotatable bonds is 2. The topological polar surface area (TPSA) is 20.2 Å². The van der Waals surface area contributed by atoms with Gasteiger partial charge in [0, 0.05) is 0 Å². The second kappa shape index (κ2) is 5.37. The largest absolute Gasteiger partial charge is 0.388 e. The molecule has 0 amide bonds. The molecule has 2 unspecified atom stereocenters. The molecule has 1 N–H and O–H groups in total. The summed E-state index contributed by atoms with van der Waals surface area (Å²) in [6, 6.07) is 13.2. The van der Waals surface area contributed by atoms with E-state index >= 15 is 0 Å². The second-order valence-corrected chi connectivity index (χ2v) is 5.78. The van der Waals surface area contributed by atoms with Crippen LogP contribution in [-0.4, -0.2) is 5.11 Å². The molecule has 0 aromatic heterocycles. The summed E-state index contributed by atoms with van der Waals surface area (Å²) in [5.41, 5.74) is 4.25. The fraction of sp³-hybridized carbons (Fsp3) is 0.333. The van der Waals surface area contributed by atoms with E-state index in [-0.39, 0.29) is 11.7 Å². The van der Waals surface area contributed by atoms with Crippen molar-refractivity contribution in [3.05, 3.63) is 70.5 Å². The van der Waals surface area contributed by atoms with Crippen LogP contribution in [0.25, 0.3) is 0 Å². The summed E-state index contributed by atoms with van der Waals surface area (Å²) in [7, 11) is 0. The normalized spacial score (nSPS) is 19.4. The minimum Gasteiger partial charge on any atom is -0.388 e. The molecule has 2 aromatic carbocycles. The molecular formula is C18H19FO. The first kappa shape index (κ1) is 13.3. The lowest BCUT2D eigenvalue weighted by Gasteiger charge is -2.29. The number of hydrogen-bond donors (Lipinski definition) is 1. The van der Waals surface area contributed by atoms with Gasteiger partial charge >= 0.3 is 0 Å². The lowest BCUT2D eigenvalue weighted by molar-refractivity contribution is 0.0991. The molecule has 104 valence electrons. The SMILES string of the molecule is Cc1cc(F)cc(C(O)C2CCc3ccccc3C2)c1. The average molecular weight is 270 g/mol. The summed E-state index contributed by atoms with van der Waals surface area (Å²) in [5.74, 6) is -0.0960. The summed E-state index contributed by atoms with van der Waals surface area (Å²) < 4.78 is 13.5. The van der Waals surface area contributed by atoms with Crippen LogP contribution in [0.5, 0.6) is 0 Å². The van der Waals surface area contributed by atoms with Gasteiger partial charge in [0.2, 0.25) is 0 Å². The summed E-state index contributed by atoms with van der Waals surface area (Å²) >= 11 is 0.